The third-order valence-electron chi connectivity index (χ3n) is 4.42. The molecule has 30 heavy (non-hydrogen) atoms. The van der Waals surface area contributed by atoms with Gasteiger partial charge < -0.3 is 0 Å². The van der Waals surface area contributed by atoms with Gasteiger partial charge >= 0.3 is 0 Å². The maximum Gasteiger partial charge on any atom is 0.269 e. The molecule has 0 aliphatic heterocycles. The van der Waals surface area contributed by atoms with Crippen LogP contribution >= 0.6 is 0 Å². The van der Waals surface area contributed by atoms with Crippen molar-refractivity contribution in [3.63, 3.8) is 0 Å². The van der Waals surface area contributed by atoms with Gasteiger partial charge in [-0.05, 0) is 78.9 Å². The Morgan fingerprint density at radius 2 is 1.40 bits per heavy atom. The van der Waals surface area contributed by atoms with Gasteiger partial charge in [-0.1, -0.05) is 0 Å². The molecule has 0 spiro atoms. The van der Waals surface area contributed by atoms with Crippen LogP contribution in [0.1, 0.15) is 32.1 Å². The fraction of sp³-hybridized carbons (Fsp3) is 0.100. The van der Waals surface area contributed by atoms with Crippen LogP contribution in [0.25, 0.3) is 11.4 Å². The molecule has 0 radical (unpaired) electrons. The largest absolute Gasteiger partial charge is 0.269 e. The number of benzene rings is 2. The summed E-state index contributed by atoms with van der Waals surface area (Å²) in [6.45, 7) is 3.89. The Morgan fingerprint density at radius 1 is 0.833 bits per heavy atom. The summed E-state index contributed by atoms with van der Waals surface area (Å²) in [5, 5.41) is 15.3. The number of tetrazole rings is 1. The van der Waals surface area contributed by atoms with Crippen molar-refractivity contribution in [1.82, 2.24) is 40.8 Å². The molecule has 10 nitrogen and oxygen atoms in total. The Hall–Kier alpha value is -4.34. The van der Waals surface area contributed by atoms with Crippen molar-refractivity contribution >= 4 is 11.8 Å². The van der Waals surface area contributed by atoms with Crippen LogP contribution in [0.3, 0.4) is 0 Å². The van der Waals surface area contributed by atoms with Crippen LogP contribution < -0.4 is 10.9 Å². The zero-order valence-electron chi connectivity index (χ0n) is 16.3. The highest BCUT2D eigenvalue weighted by Gasteiger charge is 2.11. The second-order valence-corrected chi connectivity index (χ2v) is 6.60. The van der Waals surface area contributed by atoms with Crippen LogP contribution in [0.2, 0.25) is 0 Å². The molecule has 0 saturated carbocycles. The minimum atomic E-state index is -0.439. The zero-order chi connectivity index (χ0) is 21.1. The molecular weight excluding hydrogens is 384 g/mol. The van der Waals surface area contributed by atoms with Gasteiger partial charge in [0, 0.05) is 16.8 Å². The molecule has 0 saturated heterocycles. The second-order valence-electron chi connectivity index (χ2n) is 6.60. The molecule has 2 aromatic carbocycles. The Labute approximate surface area is 171 Å². The summed E-state index contributed by atoms with van der Waals surface area (Å²) in [6, 6.07) is 15.6. The summed E-state index contributed by atoms with van der Waals surface area (Å²) in [5.41, 5.74) is 9.10. The van der Waals surface area contributed by atoms with Gasteiger partial charge in [-0.25, -0.2) is 9.36 Å². The molecule has 4 aromatic rings. The van der Waals surface area contributed by atoms with E-state index in [0.29, 0.717) is 16.8 Å². The van der Waals surface area contributed by atoms with E-state index in [0.717, 1.165) is 17.1 Å². The normalized spacial score (nSPS) is 10.6. The van der Waals surface area contributed by atoms with E-state index < -0.39 is 11.8 Å². The van der Waals surface area contributed by atoms with Gasteiger partial charge in [0.1, 0.15) is 6.33 Å². The number of hydrogen-bond donors (Lipinski definition) is 2. The zero-order valence-corrected chi connectivity index (χ0v) is 16.3. The predicted octanol–water partition coefficient (Wildman–Crippen LogP) is 1.54. The average molecular weight is 402 g/mol. The van der Waals surface area contributed by atoms with Gasteiger partial charge in [0.2, 0.25) is 0 Å². The lowest BCUT2D eigenvalue weighted by Crippen LogP contribution is -2.41. The number of aryl methyl sites for hydroxylation is 2. The van der Waals surface area contributed by atoms with E-state index >= 15 is 0 Å². The highest BCUT2D eigenvalue weighted by molar-refractivity contribution is 5.99. The number of rotatable bonds is 4. The summed E-state index contributed by atoms with van der Waals surface area (Å²) in [6.07, 6.45) is 1.45. The van der Waals surface area contributed by atoms with Crippen molar-refractivity contribution in [3.8, 4) is 11.4 Å². The third kappa shape index (κ3) is 3.92. The number of carbonyl (C=O) groups excluding carboxylic acids is 2. The van der Waals surface area contributed by atoms with E-state index in [2.05, 4.69) is 31.5 Å². The lowest BCUT2D eigenvalue weighted by atomic mass is 10.2. The fourth-order valence-electron chi connectivity index (χ4n) is 2.95. The highest BCUT2D eigenvalue weighted by atomic mass is 16.2. The molecular formula is C20H18N8O2. The van der Waals surface area contributed by atoms with Crippen LogP contribution in [0.4, 0.5) is 0 Å². The van der Waals surface area contributed by atoms with Gasteiger partial charge in [0.15, 0.2) is 0 Å². The highest BCUT2D eigenvalue weighted by Crippen LogP contribution is 2.13. The number of aromatic nitrogens is 6. The molecule has 0 bridgehead atoms. The van der Waals surface area contributed by atoms with Crippen molar-refractivity contribution in [3.05, 3.63) is 83.4 Å². The first-order chi connectivity index (χ1) is 14.5. The summed E-state index contributed by atoms with van der Waals surface area (Å²) in [5.74, 6) is -0.862. The van der Waals surface area contributed by atoms with E-state index in [9.17, 15) is 9.59 Å². The molecule has 10 heteroatoms. The molecule has 0 aliphatic carbocycles. The van der Waals surface area contributed by atoms with Gasteiger partial charge in [0.25, 0.3) is 11.8 Å². The molecule has 4 rings (SSSR count). The molecule has 2 heterocycles. The molecule has 2 N–H and O–H groups in total. The summed E-state index contributed by atoms with van der Waals surface area (Å²) < 4.78 is 3.27. The van der Waals surface area contributed by atoms with Crippen molar-refractivity contribution in [1.29, 1.82) is 0 Å². The second kappa shape index (κ2) is 7.95. The molecule has 2 amide bonds. The topological polar surface area (TPSA) is 120 Å². The van der Waals surface area contributed by atoms with E-state index in [1.807, 2.05) is 19.9 Å². The van der Waals surface area contributed by atoms with Gasteiger partial charge in [-0.15, -0.1) is 5.10 Å². The molecule has 0 aliphatic rings. The van der Waals surface area contributed by atoms with E-state index in [1.54, 1.807) is 53.2 Å². The smallest absolute Gasteiger partial charge is 0.267 e. The SMILES string of the molecule is Cc1cc(C)n(-c2ccc(C(=O)NNC(=O)c3ccc(-n4cnnn4)cc3)cc2)n1. The predicted molar refractivity (Wildman–Crippen MR) is 107 cm³/mol. The summed E-state index contributed by atoms with van der Waals surface area (Å²) in [7, 11) is 0. The van der Waals surface area contributed by atoms with Crippen LogP contribution in [0, 0.1) is 13.8 Å². The van der Waals surface area contributed by atoms with Crippen molar-refractivity contribution in [2.45, 2.75) is 13.8 Å². The standard InChI is InChI=1S/C20H18N8O2/c1-13-11-14(2)28(24-13)18-9-5-16(6-10-18)20(30)23-22-19(29)15-3-7-17(8-4-15)27-12-21-25-26-27/h3-12H,1-2H3,(H,22,29)(H,23,30). The monoisotopic (exact) mass is 402 g/mol. The first-order valence-corrected chi connectivity index (χ1v) is 9.09. The Balaban J connectivity index is 1.37. The van der Waals surface area contributed by atoms with Gasteiger partial charge in [0.05, 0.1) is 17.1 Å². The van der Waals surface area contributed by atoms with Gasteiger partial charge in [-0.2, -0.15) is 5.10 Å². The number of nitrogens with one attached hydrogen (secondary N) is 2. The first-order valence-electron chi connectivity index (χ1n) is 9.09. The van der Waals surface area contributed by atoms with Crippen LogP contribution in [0.5, 0.6) is 0 Å². The lowest BCUT2D eigenvalue weighted by molar-refractivity contribution is 0.0846. The van der Waals surface area contributed by atoms with Crippen molar-refractivity contribution in [2.24, 2.45) is 0 Å². The number of hydrogen-bond acceptors (Lipinski definition) is 6. The quantitative estimate of drug-likeness (QED) is 0.500. The maximum absolute atomic E-state index is 12.3. The van der Waals surface area contributed by atoms with Crippen LogP contribution in [-0.2, 0) is 0 Å². The van der Waals surface area contributed by atoms with E-state index in [-0.39, 0.29) is 0 Å². The van der Waals surface area contributed by atoms with Gasteiger partial charge in [-0.3, -0.25) is 20.4 Å². The Kier molecular flexibility index (Phi) is 5.04. The van der Waals surface area contributed by atoms with Crippen molar-refractivity contribution < 1.29 is 9.59 Å². The minimum Gasteiger partial charge on any atom is -0.267 e. The minimum absolute atomic E-state index is 0.381. The average Bonchev–Trinajstić information content (AvgIpc) is 3.41. The summed E-state index contributed by atoms with van der Waals surface area (Å²) >= 11 is 0. The Morgan fingerprint density at radius 3 is 1.87 bits per heavy atom. The third-order valence-corrected chi connectivity index (χ3v) is 4.42. The molecule has 0 atom stereocenters. The Bertz CT molecular complexity index is 1180. The fourth-order valence-corrected chi connectivity index (χ4v) is 2.95. The first kappa shape index (κ1) is 19.0. The van der Waals surface area contributed by atoms with E-state index in [1.165, 1.54) is 11.0 Å². The lowest BCUT2D eigenvalue weighted by Gasteiger charge is -2.09. The molecule has 0 fully saturated rings. The number of carbonyl (C=O) groups is 2. The molecule has 2 aromatic heterocycles. The molecule has 0 unspecified atom stereocenters. The van der Waals surface area contributed by atoms with Crippen LogP contribution in [-0.4, -0.2) is 41.8 Å². The van der Waals surface area contributed by atoms with Crippen molar-refractivity contribution in [2.75, 3.05) is 0 Å². The van der Waals surface area contributed by atoms with E-state index in [4.69, 9.17) is 0 Å². The van der Waals surface area contributed by atoms with Crippen LogP contribution in [0.15, 0.2) is 60.9 Å². The summed E-state index contributed by atoms with van der Waals surface area (Å²) in [4.78, 5) is 24.6. The molecule has 150 valence electrons. The maximum atomic E-state index is 12.3. The number of nitrogens with zero attached hydrogens (tertiary/aromatic N) is 6. The number of amides is 2. The number of hydrazine groups is 1.